The molecule has 0 aromatic heterocycles. The molecule has 0 saturated heterocycles. The second-order valence-electron chi connectivity index (χ2n) is 3.06. The predicted octanol–water partition coefficient (Wildman–Crippen LogP) is 2.30. The number of rotatable bonds is 2. The van der Waals surface area contributed by atoms with E-state index in [2.05, 4.69) is 19.9 Å². The lowest BCUT2D eigenvalue weighted by molar-refractivity contribution is 0.281. The van der Waals surface area contributed by atoms with E-state index in [9.17, 15) is 0 Å². The molecule has 0 atom stereocenters. The highest BCUT2D eigenvalue weighted by molar-refractivity contribution is 5.24. The molecule has 0 bridgehead atoms. The standard InChI is InChI=1S/C10H14O/c1-8(2)10-5-3-4-9(6-10)7-11/h3-6,8,11H,7H2,1-2H3. The highest BCUT2D eigenvalue weighted by Gasteiger charge is 1.98. The van der Waals surface area contributed by atoms with Crippen LogP contribution in [0.2, 0.25) is 0 Å². The first-order valence-electron chi connectivity index (χ1n) is 3.93. The van der Waals surface area contributed by atoms with Gasteiger partial charge in [0.05, 0.1) is 6.61 Å². The van der Waals surface area contributed by atoms with Crippen molar-refractivity contribution in [1.82, 2.24) is 0 Å². The quantitative estimate of drug-likeness (QED) is 0.685. The van der Waals surface area contributed by atoms with E-state index in [1.54, 1.807) is 0 Å². The van der Waals surface area contributed by atoms with Crippen molar-refractivity contribution >= 4 is 0 Å². The molecular weight excluding hydrogens is 136 g/mol. The Morgan fingerprint density at radius 3 is 2.64 bits per heavy atom. The minimum absolute atomic E-state index is 0.139. The van der Waals surface area contributed by atoms with Gasteiger partial charge in [-0.1, -0.05) is 38.1 Å². The van der Waals surface area contributed by atoms with E-state index >= 15 is 0 Å². The highest BCUT2D eigenvalue weighted by atomic mass is 16.3. The third-order valence-electron chi connectivity index (χ3n) is 1.80. The van der Waals surface area contributed by atoms with Gasteiger partial charge >= 0.3 is 0 Å². The van der Waals surface area contributed by atoms with Gasteiger partial charge in [-0.05, 0) is 17.0 Å². The maximum atomic E-state index is 8.84. The molecule has 1 N–H and O–H groups in total. The molecule has 0 saturated carbocycles. The zero-order valence-corrected chi connectivity index (χ0v) is 7.04. The summed E-state index contributed by atoms with van der Waals surface area (Å²) in [5.74, 6) is 0.543. The number of hydrogen-bond acceptors (Lipinski definition) is 1. The monoisotopic (exact) mass is 150 g/mol. The van der Waals surface area contributed by atoms with Crippen molar-refractivity contribution in [1.29, 1.82) is 0 Å². The summed E-state index contributed by atoms with van der Waals surface area (Å²) >= 11 is 0. The average molecular weight is 150 g/mol. The number of hydrogen-bond donors (Lipinski definition) is 1. The Hall–Kier alpha value is -0.820. The number of benzene rings is 1. The molecule has 1 aromatic rings. The lowest BCUT2D eigenvalue weighted by Crippen LogP contribution is -1.89. The Bertz CT molecular complexity index is 228. The maximum Gasteiger partial charge on any atom is 0.0681 e. The molecule has 0 aliphatic heterocycles. The lowest BCUT2D eigenvalue weighted by Gasteiger charge is -2.05. The molecule has 0 spiro atoms. The zero-order valence-electron chi connectivity index (χ0n) is 7.04. The second-order valence-corrected chi connectivity index (χ2v) is 3.06. The normalized spacial score (nSPS) is 10.5. The summed E-state index contributed by atoms with van der Waals surface area (Å²) in [6.45, 7) is 4.44. The summed E-state index contributed by atoms with van der Waals surface area (Å²) in [6, 6.07) is 8.06. The summed E-state index contributed by atoms with van der Waals surface area (Å²) in [5.41, 5.74) is 2.28. The smallest absolute Gasteiger partial charge is 0.0681 e. The Labute approximate surface area is 67.7 Å². The largest absolute Gasteiger partial charge is 0.392 e. The first-order chi connectivity index (χ1) is 5.24. The summed E-state index contributed by atoms with van der Waals surface area (Å²) in [7, 11) is 0. The molecule has 0 amide bonds. The van der Waals surface area contributed by atoms with Crippen molar-refractivity contribution in [2.24, 2.45) is 0 Å². The van der Waals surface area contributed by atoms with Crippen molar-refractivity contribution in [3.8, 4) is 0 Å². The Morgan fingerprint density at radius 1 is 1.36 bits per heavy atom. The fourth-order valence-corrected chi connectivity index (χ4v) is 1.05. The van der Waals surface area contributed by atoms with Gasteiger partial charge in [0.2, 0.25) is 0 Å². The summed E-state index contributed by atoms with van der Waals surface area (Å²) in [6.07, 6.45) is 0. The van der Waals surface area contributed by atoms with Crippen LogP contribution in [0.5, 0.6) is 0 Å². The fourth-order valence-electron chi connectivity index (χ4n) is 1.05. The molecule has 0 heterocycles. The van der Waals surface area contributed by atoms with Crippen LogP contribution in [0, 0.1) is 0 Å². The van der Waals surface area contributed by atoms with E-state index in [0.717, 1.165) is 5.56 Å². The minimum Gasteiger partial charge on any atom is -0.392 e. The third kappa shape index (κ3) is 2.05. The summed E-state index contributed by atoms with van der Waals surface area (Å²) in [5, 5.41) is 8.84. The second kappa shape index (κ2) is 3.54. The van der Waals surface area contributed by atoms with E-state index in [0.29, 0.717) is 5.92 Å². The van der Waals surface area contributed by atoms with Crippen LogP contribution in [-0.2, 0) is 6.61 Å². The molecule has 0 aliphatic carbocycles. The van der Waals surface area contributed by atoms with E-state index in [1.807, 2.05) is 18.2 Å². The van der Waals surface area contributed by atoms with Gasteiger partial charge in [-0.15, -0.1) is 0 Å². The molecule has 60 valence electrons. The van der Waals surface area contributed by atoms with E-state index in [4.69, 9.17) is 5.11 Å². The summed E-state index contributed by atoms with van der Waals surface area (Å²) in [4.78, 5) is 0. The predicted molar refractivity (Wildman–Crippen MR) is 46.5 cm³/mol. The fraction of sp³-hybridized carbons (Fsp3) is 0.400. The molecule has 0 unspecified atom stereocenters. The van der Waals surface area contributed by atoms with Crippen molar-refractivity contribution in [3.05, 3.63) is 35.4 Å². The maximum absolute atomic E-state index is 8.84. The minimum atomic E-state index is 0.139. The van der Waals surface area contributed by atoms with Gasteiger partial charge in [-0.2, -0.15) is 0 Å². The van der Waals surface area contributed by atoms with Gasteiger partial charge in [0.1, 0.15) is 0 Å². The molecule has 1 heteroatoms. The molecule has 0 radical (unpaired) electrons. The van der Waals surface area contributed by atoms with Crippen molar-refractivity contribution in [3.63, 3.8) is 0 Å². The molecule has 1 aromatic carbocycles. The Balaban J connectivity index is 2.91. The SMILES string of the molecule is CC(C)c1cccc(CO)c1. The number of aliphatic hydroxyl groups excluding tert-OH is 1. The van der Waals surface area contributed by atoms with Crippen LogP contribution >= 0.6 is 0 Å². The van der Waals surface area contributed by atoms with Crippen molar-refractivity contribution in [2.75, 3.05) is 0 Å². The molecular formula is C10H14O. The third-order valence-corrected chi connectivity index (χ3v) is 1.80. The van der Waals surface area contributed by atoms with Gasteiger partial charge in [-0.3, -0.25) is 0 Å². The zero-order chi connectivity index (χ0) is 8.27. The molecule has 1 rings (SSSR count). The van der Waals surface area contributed by atoms with Crippen LogP contribution in [0.3, 0.4) is 0 Å². The van der Waals surface area contributed by atoms with Crippen molar-refractivity contribution < 1.29 is 5.11 Å². The highest BCUT2D eigenvalue weighted by Crippen LogP contribution is 2.15. The van der Waals surface area contributed by atoms with Crippen LogP contribution in [0.4, 0.5) is 0 Å². The molecule has 1 nitrogen and oxygen atoms in total. The van der Waals surface area contributed by atoms with E-state index in [1.165, 1.54) is 5.56 Å². The van der Waals surface area contributed by atoms with Gasteiger partial charge in [0.25, 0.3) is 0 Å². The van der Waals surface area contributed by atoms with Crippen LogP contribution in [-0.4, -0.2) is 5.11 Å². The first-order valence-corrected chi connectivity index (χ1v) is 3.93. The Morgan fingerprint density at radius 2 is 2.09 bits per heavy atom. The van der Waals surface area contributed by atoms with Crippen LogP contribution in [0.15, 0.2) is 24.3 Å². The van der Waals surface area contributed by atoms with Crippen LogP contribution in [0.1, 0.15) is 30.9 Å². The molecule has 0 aliphatic rings. The first kappa shape index (κ1) is 8.28. The van der Waals surface area contributed by atoms with Gasteiger partial charge in [0, 0.05) is 0 Å². The average Bonchev–Trinajstić information content (AvgIpc) is 2.05. The van der Waals surface area contributed by atoms with Gasteiger partial charge in [-0.25, -0.2) is 0 Å². The molecule has 11 heavy (non-hydrogen) atoms. The molecule has 0 fully saturated rings. The van der Waals surface area contributed by atoms with Crippen molar-refractivity contribution in [2.45, 2.75) is 26.4 Å². The topological polar surface area (TPSA) is 20.2 Å². The Kier molecular flexibility index (Phi) is 2.66. The van der Waals surface area contributed by atoms with Gasteiger partial charge in [0.15, 0.2) is 0 Å². The summed E-state index contributed by atoms with van der Waals surface area (Å²) < 4.78 is 0. The lowest BCUT2D eigenvalue weighted by atomic mass is 10.0. The number of aliphatic hydroxyl groups is 1. The van der Waals surface area contributed by atoms with Crippen LogP contribution in [0.25, 0.3) is 0 Å². The van der Waals surface area contributed by atoms with Gasteiger partial charge < -0.3 is 5.11 Å². The van der Waals surface area contributed by atoms with Crippen LogP contribution < -0.4 is 0 Å². The van der Waals surface area contributed by atoms with E-state index < -0.39 is 0 Å². The van der Waals surface area contributed by atoms with E-state index in [-0.39, 0.29) is 6.61 Å².